The Morgan fingerprint density at radius 1 is 1.36 bits per heavy atom. The van der Waals surface area contributed by atoms with E-state index >= 15 is 0 Å². The number of fused-ring (bicyclic) bond motifs is 1. The van der Waals surface area contributed by atoms with Crippen LogP contribution in [0.1, 0.15) is 12.1 Å². The second-order valence-corrected chi connectivity index (χ2v) is 3.45. The molecule has 2 aromatic rings. The molecule has 0 aliphatic rings. The first kappa shape index (κ1) is 9.00. The second-order valence-electron chi connectivity index (χ2n) is 3.45. The highest BCUT2D eigenvalue weighted by Gasteiger charge is 2.03. The molecule has 1 aromatic heterocycles. The number of para-hydroxylation sites is 1. The minimum Gasteiger partial charge on any atom is -0.344 e. The summed E-state index contributed by atoms with van der Waals surface area (Å²) in [6.07, 6.45) is 1.55. The van der Waals surface area contributed by atoms with Gasteiger partial charge in [0.05, 0.1) is 0 Å². The van der Waals surface area contributed by atoms with E-state index in [1.54, 1.807) is 0 Å². The minimum atomic E-state index is 0.583. The maximum atomic E-state index is 10.3. The van der Waals surface area contributed by atoms with Crippen LogP contribution in [0.3, 0.4) is 0 Å². The zero-order valence-corrected chi connectivity index (χ0v) is 8.23. The third kappa shape index (κ3) is 1.43. The molecule has 0 radical (unpaired) electrons. The van der Waals surface area contributed by atoms with Crippen molar-refractivity contribution in [1.82, 2.24) is 4.57 Å². The fourth-order valence-corrected chi connectivity index (χ4v) is 1.83. The first-order chi connectivity index (χ1) is 6.83. The quantitative estimate of drug-likeness (QED) is 0.677. The number of carbonyl (C=O) groups is 1. The number of rotatable bonds is 3. The smallest absolute Gasteiger partial charge is 0.121 e. The molecule has 0 aliphatic carbocycles. The van der Waals surface area contributed by atoms with Crippen LogP contribution in [0.15, 0.2) is 30.3 Å². The van der Waals surface area contributed by atoms with Crippen LogP contribution in [-0.2, 0) is 11.3 Å². The summed E-state index contributed by atoms with van der Waals surface area (Å²) in [4.78, 5) is 10.3. The maximum absolute atomic E-state index is 10.3. The molecule has 0 saturated carbocycles. The highest BCUT2D eigenvalue weighted by molar-refractivity contribution is 5.81. The SMILES string of the molecule is Cc1cc2ccccc2n1CCC=O. The predicted octanol–water partition coefficient (Wildman–Crippen LogP) is 2.54. The maximum Gasteiger partial charge on any atom is 0.121 e. The fraction of sp³-hybridized carbons (Fsp3) is 0.250. The number of hydrogen-bond donors (Lipinski definition) is 0. The molecule has 14 heavy (non-hydrogen) atoms. The van der Waals surface area contributed by atoms with Crippen molar-refractivity contribution in [2.45, 2.75) is 19.9 Å². The van der Waals surface area contributed by atoms with Crippen molar-refractivity contribution in [2.24, 2.45) is 0 Å². The molecule has 1 aromatic carbocycles. The van der Waals surface area contributed by atoms with Crippen LogP contribution in [0.2, 0.25) is 0 Å². The van der Waals surface area contributed by atoms with Gasteiger partial charge in [-0.3, -0.25) is 0 Å². The van der Waals surface area contributed by atoms with E-state index in [9.17, 15) is 4.79 Å². The average Bonchev–Trinajstić information content (AvgIpc) is 2.51. The number of nitrogens with zero attached hydrogens (tertiary/aromatic N) is 1. The van der Waals surface area contributed by atoms with Crippen molar-refractivity contribution in [3.63, 3.8) is 0 Å². The van der Waals surface area contributed by atoms with Crippen molar-refractivity contribution in [1.29, 1.82) is 0 Å². The Hall–Kier alpha value is -1.57. The monoisotopic (exact) mass is 187 g/mol. The molecule has 2 rings (SSSR count). The van der Waals surface area contributed by atoms with Gasteiger partial charge in [-0.05, 0) is 24.4 Å². The molecular formula is C12H13NO. The molecule has 0 aliphatic heterocycles. The molecule has 0 bridgehead atoms. The number of carbonyl (C=O) groups excluding carboxylic acids is 1. The van der Waals surface area contributed by atoms with E-state index in [1.165, 1.54) is 16.6 Å². The molecule has 0 unspecified atom stereocenters. The van der Waals surface area contributed by atoms with Gasteiger partial charge in [0.25, 0.3) is 0 Å². The summed E-state index contributed by atoms with van der Waals surface area (Å²) in [5.41, 5.74) is 2.43. The molecule has 0 amide bonds. The van der Waals surface area contributed by atoms with E-state index in [1.807, 2.05) is 12.1 Å². The fourth-order valence-electron chi connectivity index (χ4n) is 1.83. The van der Waals surface area contributed by atoms with Crippen molar-refractivity contribution < 1.29 is 4.79 Å². The number of aromatic nitrogens is 1. The van der Waals surface area contributed by atoms with Gasteiger partial charge in [-0.2, -0.15) is 0 Å². The van der Waals surface area contributed by atoms with E-state index in [0.717, 1.165) is 12.8 Å². The Bertz CT molecular complexity index is 456. The lowest BCUT2D eigenvalue weighted by Crippen LogP contribution is -1.99. The molecule has 0 spiro atoms. The van der Waals surface area contributed by atoms with Gasteiger partial charge < -0.3 is 9.36 Å². The van der Waals surface area contributed by atoms with E-state index in [4.69, 9.17) is 0 Å². The summed E-state index contributed by atoms with van der Waals surface area (Å²) in [7, 11) is 0. The number of hydrogen-bond acceptors (Lipinski definition) is 1. The lowest BCUT2D eigenvalue weighted by atomic mass is 10.2. The van der Waals surface area contributed by atoms with Gasteiger partial charge >= 0.3 is 0 Å². The van der Waals surface area contributed by atoms with Gasteiger partial charge in [-0.15, -0.1) is 0 Å². The Morgan fingerprint density at radius 3 is 2.93 bits per heavy atom. The zero-order valence-electron chi connectivity index (χ0n) is 8.23. The van der Waals surface area contributed by atoms with Crippen LogP contribution in [0.4, 0.5) is 0 Å². The number of aryl methyl sites for hydroxylation is 2. The molecule has 2 heteroatoms. The predicted molar refractivity (Wildman–Crippen MR) is 57.4 cm³/mol. The van der Waals surface area contributed by atoms with Crippen LogP contribution in [0.25, 0.3) is 10.9 Å². The van der Waals surface area contributed by atoms with Gasteiger partial charge in [-0.25, -0.2) is 0 Å². The van der Waals surface area contributed by atoms with Gasteiger partial charge in [-0.1, -0.05) is 18.2 Å². The first-order valence-electron chi connectivity index (χ1n) is 4.81. The van der Waals surface area contributed by atoms with Crippen LogP contribution in [0.5, 0.6) is 0 Å². The van der Waals surface area contributed by atoms with Crippen molar-refractivity contribution in [3.8, 4) is 0 Å². The highest BCUT2D eigenvalue weighted by atomic mass is 16.1. The molecule has 2 nitrogen and oxygen atoms in total. The summed E-state index contributed by atoms with van der Waals surface area (Å²) in [6, 6.07) is 10.4. The van der Waals surface area contributed by atoms with E-state index < -0.39 is 0 Å². The van der Waals surface area contributed by atoms with Gasteiger partial charge in [0.1, 0.15) is 6.29 Å². The third-order valence-electron chi connectivity index (χ3n) is 2.49. The van der Waals surface area contributed by atoms with Crippen molar-refractivity contribution in [3.05, 3.63) is 36.0 Å². The standard InChI is InChI=1S/C12H13NO/c1-10-9-11-5-2-3-6-12(11)13(10)7-4-8-14/h2-3,5-6,8-9H,4,7H2,1H3. The van der Waals surface area contributed by atoms with E-state index in [2.05, 4.69) is 29.7 Å². The molecule has 0 N–H and O–H groups in total. The van der Waals surface area contributed by atoms with Crippen LogP contribution < -0.4 is 0 Å². The van der Waals surface area contributed by atoms with Gasteiger partial charge in [0, 0.05) is 24.2 Å². The Labute approximate surface area is 83.2 Å². The molecule has 1 heterocycles. The average molecular weight is 187 g/mol. The first-order valence-corrected chi connectivity index (χ1v) is 4.81. The molecular weight excluding hydrogens is 174 g/mol. The van der Waals surface area contributed by atoms with Crippen molar-refractivity contribution in [2.75, 3.05) is 0 Å². The zero-order chi connectivity index (χ0) is 9.97. The van der Waals surface area contributed by atoms with Crippen LogP contribution >= 0.6 is 0 Å². The highest BCUT2D eigenvalue weighted by Crippen LogP contribution is 2.19. The number of aldehydes is 1. The Balaban J connectivity index is 2.50. The van der Waals surface area contributed by atoms with Crippen LogP contribution in [-0.4, -0.2) is 10.9 Å². The summed E-state index contributed by atoms with van der Waals surface area (Å²) in [6.45, 7) is 2.85. The largest absolute Gasteiger partial charge is 0.344 e. The Kier molecular flexibility index (Phi) is 2.35. The topological polar surface area (TPSA) is 22.0 Å². The van der Waals surface area contributed by atoms with Gasteiger partial charge in [0.2, 0.25) is 0 Å². The molecule has 0 saturated heterocycles. The molecule has 0 atom stereocenters. The van der Waals surface area contributed by atoms with E-state index in [-0.39, 0.29) is 0 Å². The lowest BCUT2D eigenvalue weighted by molar-refractivity contribution is -0.108. The summed E-state index contributed by atoms with van der Waals surface area (Å²) in [5.74, 6) is 0. The van der Waals surface area contributed by atoms with Crippen LogP contribution in [0, 0.1) is 6.92 Å². The summed E-state index contributed by atoms with van der Waals surface area (Å²) in [5, 5.41) is 1.25. The molecule has 0 fully saturated rings. The molecule has 72 valence electrons. The van der Waals surface area contributed by atoms with Crippen molar-refractivity contribution >= 4 is 17.2 Å². The van der Waals surface area contributed by atoms with Gasteiger partial charge in [0.15, 0.2) is 0 Å². The second kappa shape index (κ2) is 3.66. The number of benzene rings is 1. The summed E-state index contributed by atoms with van der Waals surface area (Å²) < 4.78 is 2.18. The third-order valence-corrected chi connectivity index (χ3v) is 2.49. The normalized spacial score (nSPS) is 10.6. The Morgan fingerprint density at radius 2 is 2.14 bits per heavy atom. The lowest BCUT2D eigenvalue weighted by Gasteiger charge is -2.04. The summed E-state index contributed by atoms with van der Waals surface area (Å²) >= 11 is 0. The minimum absolute atomic E-state index is 0.583. The van der Waals surface area contributed by atoms with E-state index in [0.29, 0.717) is 6.42 Å².